The highest BCUT2D eigenvalue weighted by Crippen LogP contribution is 2.12. The summed E-state index contributed by atoms with van der Waals surface area (Å²) in [5.41, 5.74) is -0.0776. The first-order valence-electron chi connectivity index (χ1n) is 5.60. The Labute approximate surface area is 94.7 Å². The number of rotatable bonds is 7. The van der Waals surface area contributed by atoms with E-state index >= 15 is 0 Å². The maximum absolute atomic E-state index is 5.67. The number of hydrogen-bond acceptors (Lipinski definition) is 4. The van der Waals surface area contributed by atoms with Gasteiger partial charge in [0.25, 0.3) is 0 Å². The molecule has 5 heteroatoms. The van der Waals surface area contributed by atoms with Crippen molar-refractivity contribution in [3.8, 4) is 0 Å². The molecule has 0 aromatic carbocycles. The lowest BCUT2D eigenvalue weighted by Crippen LogP contribution is -2.64. The second-order valence-corrected chi connectivity index (χ2v) is 6.46. The van der Waals surface area contributed by atoms with E-state index in [1.54, 1.807) is 0 Å². The van der Waals surface area contributed by atoms with Crippen molar-refractivity contribution < 1.29 is 13.3 Å². The van der Waals surface area contributed by atoms with Gasteiger partial charge in [-0.05, 0) is 41.5 Å². The van der Waals surface area contributed by atoms with Gasteiger partial charge in [-0.3, -0.25) is 4.98 Å². The van der Waals surface area contributed by atoms with Gasteiger partial charge in [0, 0.05) is 25.4 Å². The molecule has 1 N–H and O–H groups in total. The van der Waals surface area contributed by atoms with Crippen LogP contribution in [0.2, 0.25) is 0 Å². The molecular weight excluding hydrogens is 210 g/mol. The Morgan fingerprint density at radius 1 is 0.867 bits per heavy atom. The van der Waals surface area contributed by atoms with E-state index in [1.165, 1.54) is 0 Å². The summed E-state index contributed by atoms with van der Waals surface area (Å²) < 4.78 is 17.0. The van der Waals surface area contributed by atoms with Crippen LogP contribution in [0.1, 0.15) is 41.5 Å². The minimum absolute atomic E-state index is 0.0776. The Bertz CT molecular complexity index is 154. The third kappa shape index (κ3) is 6.27. The predicted octanol–water partition coefficient (Wildman–Crippen LogP) is 1.92. The van der Waals surface area contributed by atoms with Crippen LogP contribution in [-0.2, 0) is 13.3 Å². The third-order valence-corrected chi connectivity index (χ3v) is 4.59. The van der Waals surface area contributed by atoms with E-state index in [9.17, 15) is 0 Å². The lowest BCUT2D eigenvalue weighted by Gasteiger charge is -2.34. The maximum atomic E-state index is 5.67. The van der Waals surface area contributed by atoms with Gasteiger partial charge in [-0.2, -0.15) is 0 Å². The highest BCUT2D eigenvalue weighted by molar-refractivity contribution is 6.58. The van der Waals surface area contributed by atoms with Crippen LogP contribution >= 0.6 is 0 Å². The Kier molecular flexibility index (Phi) is 6.62. The third-order valence-electron chi connectivity index (χ3n) is 1.53. The van der Waals surface area contributed by atoms with Crippen LogP contribution in [-0.4, -0.2) is 34.3 Å². The highest BCUT2D eigenvalue weighted by atomic mass is 28.4. The van der Waals surface area contributed by atoms with Crippen molar-refractivity contribution in [1.29, 1.82) is 0 Å². The van der Waals surface area contributed by atoms with Crippen LogP contribution in [0, 0.1) is 0 Å². The Morgan fingerprint density at radius 3 is 1.40 bits per heavy atom. The van der Waals surface area contributed by atoms with Crippen LogP contribution in [0.15, 0.2) is 0 Å². The van der Waals surface area contributed by atoms with E-state index < -0.39 is 8.97 Å². The normalized spacial score (nSPS) is 13.2. The smallest absolute Gasteiger partial charge is 0.361 e. The summed E-state index contributed by atoms with van der Waals surface area (Å²) >= 11 is 0. The molecule has 15 heavy (non-hydrogen) atoms. The fraction of sp³-hybridized carbons (Fsp3) is 1.00. The van der Waals surface area contributed by atoms with Crippen LogP contribution in [0.25, 0.3) is 0 Å². The first kappa shape index (κ1) is 15.1. The van der Waals surface area contributed by atoms with Crippen LogP contribution in [0.4, 0.5) is 0 Å². The van der Waals surface area contributed by atoms with Gasteiger partial charge >= 0.3 is 8.97 Å². The molecule has 0 bridgehead atoms. The van der Waals surface area contributed by atoms with Crippen molar-refractivity contribution in [2.24, 2.45) is 0 Å². The minimum Gasteiger partial charge on any atom is -0.361 e. The summed E-state index contributed by atoms with van der Waals surface area (Å²) in [5, 5.41) is 0. The van der Waals surface area contributed by atoms with Gasteiger partial charge in [-0.1, -0.05) is 0 Å². The molecule has 92 valence electrons. The molecule has 0 atom stereocenters. The van der Waals surface area contributed by atoms with Crippen molar-refractivity contribution in [1.82, 2.24) is 4.98 Å². The summed E-state index contributed by atoms with van der Waals surface area (Å²) in [6.45, 7) is 13.8. The zero-order valence-electron chi connectivity index (χ0n) is 10.8. The molecule has 0 fully saturated rings. The monoisotopic (exact) mass is 235 g/mol. The molecule has 0 heterocycles. The van der Waals surface area contributed by atoms with Gasteiger partial charge in [-0.15, -0.1) is 0 Å². The Balaban J connectivity index is 4.60. The van der Waals surface area contributed by atoms with Crippen LogP contribution in [0.5, 0.6) is 0 Å². The van der Waals surface area contributed by atoms with Gasteiger partial charge < -0.3 is 13.3 Å². The molecule has 0 aliphatic carbocycles. The predicted molar refractivity (Wildman–Crippen MR) is 63.5 cm³/mol. The van der Waals surface area contributed by atoms with Crippen molar-refractivity contribution >= 4 is 8.97 Å². The molecule has 0 aliphatic heterocycles. The molecule has 0 unspecified atom stereocenters. The lowest BCUT2D eigenvalue weighted by molar-refractivity contribution is 0.0520. The fourth-order valence-electron chi connectivity index (χ4n) is 1.26. The van der Waals surface area contributed by atoms with Gasteiger partial charge in [0.05, 0.1) is 0 Å². The van der Waals surface area contributed by atoms with E-state index in [4.69, 9.17) is 13.3 Å². The van der Waals surface area contributed by atoms with E-state index in [-0.39, 0.29) is 5.54 Å². The van der Waals surface area contributed by atoms with E-state index in [0.717, 1.165) is 0 Å². The molecular formula is C10H25NO3Si. The highest BCUT2D eigenvalue weighted by Gasteiger charge is 2.44. The van der Waals surface area contributed by atoms with Crippen molar-refractivity contribution in [2.45, 2.75) is 47.1 Å². The number of nitrogens with one attached hydrogen (secondary N) is 1. The molecule has 0 aliphatic rings. The summed E-state index contributed by atoms with van der Waals surface area (Å²) in [4.78, 5) is 3.34. The van der Waals surface area contributed by atoms with Gasteiger partial charge in [0.2, 0.25) is 0 Å². The molecule has 0 radical (unpaired) electrons. The molecule has 0 amide bonds. The topological polar surface area (TPSA) is 39.7 Å². The van der Waals surface area contributed by atoms with E-state index in [1.807, 2.05) is 20.8 Å². The fourth-order valence-corrected chi connectivity index (χ4v) is 3.79. The standard InChI is InChI=1S/C10H25NO3Si/c1-7-12-15(13-8-2,14-9-3)11-10(4,5)6/h11H,7-9H2,1-6H3. The zero-order chi connectivity index (χ0) is 11.9. The van der Waals surface area contributed by atoms with Gasteiger partial charge in [0.15, 0.2) is 0 Å². The summed E-state index contributed by atoms with van der Waals surface area (Å²) in [5.74, 6) is 0. The quantitative estimate of drug-likeness (QED) is 0.684. The Morgan fingerprint density at radius 2 is 1.20 bits per heavy atom. The summed E-state index contributed by atoms with van der Waals surface area (Å²) in [6, 6.07) is 0. The zero-order valence-corrected chi connectivity index (χ0v) is 11.8. The van der Waals surface area contributed by atoms with Crippen LogP contribution < -0.4 is 4.98 Å². The maximum Gasteiger partial charge on any atom is 0.597 e. The average molecular weight is 235 g/mol. The second kappa shape index (κ2) is 6.60. The molecule has 0 aromatic rings. The molecule has 4 nitrogen and oxygen atoms in total. The van der Waals surface area contributed by atoms with Crippen LogP contribution in [0.3, 0.4) is 0 Å². The van der Waals surface area contributed by atoms with E-state index in [0.29, 0.717) is 19.8 Å². The molecule has 0 spiro atoms. The molecule has 0 aromatic heterocycles. The largest absolute Gasteiger partial charge is 0.597 e. The average Bonchev–Trinajstić information content (AvgIpc) is 2.01. The number of hydrogen-bond donors (Lipinski definition) is 1. The minimum atomic E-state index is -2.68. The summed E-state index contributed by atoms with van der Waals surface area (Å²) in [6.07, 6.45) is 0. The van der Waals surface area contributed by atoms with Gasteiger partial charge in [-0.25, -0.2) is 0 Å². The van der Waals surface area contributed by atoms with Crippen molar-refractivity contribution in [3.63, 3.8) is 0 Å². The summed E-state index contributed by atoms with van der Waals surface area (Å²) in [7, 11) is -2.68. The molecule has 0 rings (SSSR count). The lowest BCUT2D eigenvalue weighted by atomic mass is 10.1. The Hall–Kier alpha value is 0.0569. The first-order chi connectivity index (χ1) is 6.89. The molecule has 0 saturated carbocycles. The van der Waals surface area contributed by atoms with Crippen molar-refractivity contribution in [3.05, 3.63) is 0 Å². The van der Waals surface area contributed by atoms with Gasteiger partial charge in [0.1, 0.15) is 0 Å². The molecule has 0 saturated heterocycles. The second-order valence-electron chi connectivity index (χ2n) is 4.23. The first-order valence-corrected chi connectivity index (χ1v) is 7.32. The van der Waals surface area contributed by atoms with E-state index in [2.05, 4.69) is 25.8 Å². The SMILES string of the molecule is CCO[Si](NC(C)(C)C)(OCC)OCC. The van der Waals surface area contributed by atoms with Crippen molar-refractivity contribution in [2.75, 3.05) is 19.8 Å².